The Hall–Kier alpha value is -4.19. The van der Waals surface area contributed by atoms with Crippen LogP contribution in [0.3, 0.4) is 0 Å². The van der Waals surface area contributed by atoms with Gasteiger partial charge in [0.25, 0.3) is 0 Å². The molecule has 3 heterocycles. The Bertz CT molecular complexity index is 1230. The maximum Gasteiger partial charge on any atom is 0.359 e. The van der Waals surface area contributed by atoms with E-state index in [4.69, 9.17) is 10.5 Å². The molecule has 1 fully saturated rings. The number of likely N-dealkylation sites (tertiary alicyclic amines) is 1. The molecule has 0 saturated carbocycles. The number of benzene rings is 1. The SMILES string of the molecule is CCOC(=O)c1nc(-c2cccc(C#C[C@@H]3CCN(C)C3=O)c2)nc(-n2cccn2)c1N. The lowest BCUT2D eigenvalue weighted by atomic mass is 10.1. The van der Waals surface area contributed by atoms with E-state index >= 15 is 0 Å². The molecule has 162 valence electrons. The number of carbonyl (C=O) groups excluding carboxylic acids is 2. The Balaban J connectivity index is 1.74. The first-order valence-corrected chi connectivity index (χ1v) is 10.2. The summed E-state index contributed by atoms with van der Waals surface area (Å²) in [6, 6.07) is 9.01. The van der Waals surface area contributed by atoms with Crippen molar-refractivity contribution >= 4 is 17.6 Å². The third-order valence-electron chi connectivity index (χ3n) is 5.05. The molecule has 1 saturated heterocycles. The van der Waals surface area contributed by atoms with Crippen LogP contribution in [0, 0.1) is 17.8 Å². The largest absolute Gasteiger partial charge is 0.461 e. The predicted molar refractivity (Wildman–Crippen MR) is 118 cm³/mol. The van der Waals surface area contributed by atoms with Gasteiger partial charge in [-0.25, -0.2) is 19.4 Å². The predicted octanol–water partition coefficient (Wildman–Crippen LogP) is 1.92. The van der Waals surface area contributed by atoms with Gasteiger partial charge in [0.1, 0.15) is 11.6 Å². The second kappa shape index (κ2) is 8.89. The van der Waals surface area contributed by atoms with Crippen molar-refractivity contribution < 1.29 is 14.3 Å². The highest BCUT2D eigenvalue weighted by Gasteiger charge is 2.27. The van der Waals surface area contributed by atoms with Crippen LogP contribution in [0.15, 0.2) is 42.7 Å². The van der Waals surface area contributed by atoms with E-state index in [0.29, 0.717) is 17.7 Å². The minimum absolute atomic E-state index is 0.0292. The smallest absolute Gasteiger partial charge is 0.359 e. The number of hydrogen-bond donors (Lipinski definition) is 1. The fraction of sp³-hybridized carbons (Fsp3) is 0.261. The van der Waals surface area contributed by atoms with Crippen LogP contribution < -0.4 is 5.73 Å². The van der Waals surface area contributed by atoms with Crippen LogP contribution in [0.2, 0.25) is 0 Å². The van der Waals surface area contributed by atoms with Crippen LogP contribution in [0.5, 0.6) is 0 Å². The second-order valence-corrected chi connectivity index (χ2v) is 7.26. The van der Waals surface area contributed by atoms with Crippen molar-refractivity contribution in [2.45, 2.75) is 13.3 Å². The van der Waals surface area contributed by atoms with Gasteiger partial charge in [0, 0.05) is 37.1 Å². The summed E-state index contributed by atoms with van der Waals surface area (Å²) in [6.07, 6.45) is 3.98. The lowest BCUT2D eigenvalue weighted by molar-refractivity contribution is -0.128. The molecule has 0 unspecified atom stereocenters. The molecule has 1 aliphatic rings. The molecule has 0 spiro atoms. The Morgan fingerprint density at radius 2 is 2.16 bits per heavy atom. The minimum atomic E-state index is -0.637. The normalized spacial score (nSPS) is 15.4. The van der Waals surface area contributed by atoms with Crippen LogP contribution in [0.25, 0.3) is 17.2 Å². The van der Waals surface area contributed by atoms with Gasteiger partial charge in [0.15, 0.2) is 17.3 Å². The molecule has 0 radical (unpaired) electrons. The molecule has 9 heteroatoms. The topological polar surface area (TPSA) is 116 Å². The van der Waals surface area contributed by atoms with Gasteiger partial charge < -0.3 is 15.4 Å². The number of anilines is 1. The van der Waals surface area contributed by atoms with Gasteiger partial charge in [-0.3, -0.25) is 4.79 Å². The first-order chi connectivity index (χ1) is 15.5. The average molecular weight is 430 g/mol. The summed E-state index contributed by atoms with van der Waals surface area (Å²) in [4.78, 5) is 35.1. The van der Waals surface area contributed by atoms with Crippen LogP contribution >= 0.6 is 0 Å². The lowest BCUT2D eigenvalue weighted by Gasteiger charge is -2.12. The molecule has 1 amide bonds. The fourth-order valence-corrected chi connectivity index (χ4v) is 3.37. The van der Waals surface area contributed by atoms with Gasteiger partial charge in [0.2, 0.25) is 5.91 Å². The number of ether oxygens (including phenoxy) is 1. The quantitative estimate of drug-likeness (QED) is 0.496. The van der Waals surface area contributed by atoms with Crippen LogP contribution in [0.4, 0.5) is 5.69 Å². The highest BCUT2D eigenvalue weighted by atomic mass is 16.5. The van der Waals surface area contributed by atoms with Crippen molar-refractivity contribution in [1.82, 2.24) is 24.6 Å². The van der Waals surface area contributed by atoms with Crippen molar-refractivity contribution in [3.8, 4) is 29.0 Å². The highest BCUT2D eigenvalue weighted by Crippen LogP contribution is 2.25. The molecule has 0 bridgehead atoms. The summed E-state index contributed by atoms with van der Waals surface area (Å²) in [5, 5.41) is 4.17. The second-order valence-electron chi connectivity index (χ2n) is 7.26. The van der Waals surface area contributed by atoms with Crippen molar-refractivity contribution in [2.24, 2.45) is 5.92 Å². The standard InChI is InChI=1S/C23H22N6O3/c1-3-32-23(31)19-18(24)21(29-12-5-11-25-29)27-20(26-19)17-7-4-6-15(14-17)8-9-16-10-13-28(2)22(16)30/h4-7,11-12,14,16H,3,10,13,24H2,1-2H3/t16-/m1/s1. The number of amides is 1. The first kappa shape index (κ1) is 21.1. The first-order valence-electron chi connectivity index (χ1n) is 10.2. The molecule has 0 aliphatic carbocycles. The summed E-state index contributed by atoms with van der Waals surface area (Å²) in [5.41, 5.74) is 7.59. The van der Waals surface area contributed by atoms with Crippen molar-refractivity contribution in [3.05, 3.63) is 54.0 Å². The maximum absolute atomic E-state index is 12.5. The van der Waals surface area contributed by atoms with E-state index in [1.54, 1.807) is 37.3 Å². The highest BCUT2D eigenvalue weighted by molar-refractivity contribution is 5.95. The lowest BCUT2D eigenvalue weighted by Crippen LogP contribution is -2.21. The number of rotatable bonds is 4. The van der Waals surface area contributed by atoms with Crippen LogP contribution in [-0.4, -0.2) is 56.7 Å². The Kier molecular flexibility index (Phi) is 5.85. The number of nitrogens with zero attached hydrogens (tertiary/aromatic N) is 5. The van der Waals surface area contributed by atoms with E-state index in [-0.39, 0.29) is 41.5 Å². The van der Waals surface area contributed by atoms with Gasteiger partial charge >= 0.3 is 5.97 Å². The van der Waals surface area contributed by atoms with E-state index in [1.807, 2.05) is 24.3 Å². The van der Waals surface area contributed by atoms with Gasteiger partial charge in [-0.05, 0) is 31.5 Å². The zero-order chi connectivity index (χ0) is 22.7. The molecule has 1 atom stereocenters. The Labute approximate surface area is 185 Å². The zero-order valence-corrected chi connectivity index (χ0v) is 17.8. The summed E-state index contributed by atoms with van der Waals surface area (Å²) in [6.45, 7) is 2.61. The summed E-state index contributed by atoms with van der Waals surface area (Å²) < 4.78 is 6.58. The zero-order valence-electron chi connectivity index (χ0n) is 17.8. The molecule has 1 aliphatic heterocycles. The molecular formula is C23H22N6O3. The third-order valence-corrected chi connectivity index (χ3v) is 5.05. The average Bonchev–Trinajstić information content (AvgIpc) is 3.44. The third kappa shape index (κ3) is 4.16. The van der Waals surface area contributed by atoms with E-state index < -0.39 is 5.97 Å². The van der Waals surface area contributed by atoms with E-state index in [9.17, 15) is 9.59 Å². The summed E-state index contributed by atoms with van der Waals surface area (Å²) >= 11 is 0. The Morgan fingerprint density at radius 1 is 1.31 bits per heavy atom. The van der Waals surface area contributed by atoms with Crippen molar-refractivity contribution in [1.29, 1.82) is 0 Å². The van der Waals surface area contributed by atoms with Gasteiger partial charge in [-0.2, -0.15) is 5.10 Å². The molecule has 9 nitrogen and oxygen atoms in total. The number of esters is 1. The number of aromatic nitrogens is 4. The molecule has 3 aromatic rings. The molecular weight excluding hydrogens is 408 g/mol. The van der Waals surface area contributed by atoms with Gasteiger partial charge in [-0.1, -0.05) is 24.0 Å². The molecule has 2 N–H and O–H groups in total. The van der Waals surface area contributed by atoms with Gasteiger partial charge in [0.05, 0.1) is 6.61 Å². The number of hydrogen-bond acceptors (Lipinski definition) is 7. The minimum Gasteiger partial charge on any atom is -0.461 e. The monoisotopic (exact) mass is 430 g/mol. The molecule has 32 heavy (non-hydrogen) atoms. The van der Waals surface area contributed by atoms with E-state index in [2.05, 4.69) is 26.9 Å². The number of nitrogen functional groups attached to an aromatic ring is 1. The molecule has 4 rings (SSSR count). The number of nitrogens with two attached hydrogens (primary N) is 1. The molecule has 1 aromatic carbocycles. The Morgan fingerprint density at radius 3 is 2.84 bits per heavy atom. The summed E-state index contributed by atoms with van der Waals surface area (Å²) in [5.74, 6) is 5.80. The van der Waals surface area contributed by atoms with E-state index in [0.717, 1.165) is 6.42 Å². The fourth-order valence-electron chi connectivity index (χ4n) is 3.37. The maximum atomic E-state index is 12.5. The number of carbonyl (C=O) groups is 2. The molecule has 2 aromatic heterocycles. The van der Waals surface area contributed by atoms with E-state index in [1.165, 1.54) is 4.68 Å². The summed E-state index contributed by atoms with van der Waals surface area (Å²) in [7, 11) is 1.78. The van der Waals surface area contributed by atoms with Crippen molar-refractivity contribution in [2.75, 3.05) is 25.9 Å². The van der Waals surface area contributed by atoms with Gasteiger partial charge in [-0.15, -0.1) is 0 Å². The van der Waals surface area contributed by atoms with Crippen LogP contribution in [0.1, 0.15) is 29.4 Å². The van der Waals surface area contributed by atoms with Crippen LogP contribution in [-0.2, 0) is 9.53 Å². The van der Waals surface area contributed by atoms with Crippen molar-refractivity contribution in [3.63, 3.8) is 0 Å².